The second-order valence-electron chi connectivity index (χ2n) is 8.64. The van der Waals surface area contributed by atoms with Crippen molar-refractivity contribution in [2.24, 2.45) is 20.5 Å². The van der Waals surface area contributed by atoms with Crippen molar-refractivity contribution in [2.75, 3.05) is 0 Å². The molecule has 0 aliphatic carbocycles. The number of hydrogen-bond acceptors (Lipinski definition) is 14. The highest BCUT2D eigenvalue weighted by molar-refractivity contribution is 7.86. The van der Waals surface area contributed by atoms with Crippen LogP contribution in [0.5, 0.6) is 11.5 Å². The minimum Gasteiger partial charge on any atom is -0.872 e. The van der Waals surface area contributed by atoms with Crippen LogP contribution in [0.1, 0.15) is 20.7 Å². The molecule has 0 aromatic heterocycles. The van der Waals surface area contributed by atoms with Crippen LogP contribution in [0, 0.1) is 0 Å². The molecule has 0 aliphatic heterocycles. The highest BCUT2D eigenvalue weighted by atomic mass is 32.2. The number of benzene rings is 4. The number of carbonyl (C=O) groups is 2. The largest absolute Gasteiger partial charge is 0.872 e. The summed E-state index contributed by atoms with van der Waals surface area (Å²) in [7, 11) is -10.7. The summed E-state index contributed by atoms with van der Waals surface area (Å²) in [6.07, 6.45) is 0. The van der Waals surface area contributed by atoms with Gasteiger partial charge in [0, 0.05) is 11.1 Å². The number of hydrogen-bond donors (Lipinski definition) is 2. The molecule has 4 aromatic carbocycles. The summed E-state index contributed by atoms with van der Waals surface area (Å²) < 4.78 is 72.9. The average molecular weight is 639 g/mol. The van der Waals surface area contributed by atoms with Crippen LogP contribution in [0.15, 0.2) is 103 Å². The Labute approximate surface area is 247 Å². The molecule has 44 heavy (non-hydrogen) atoms. The van der Waals surface area contributed by atoms with Crippen LogP contribution in [0.3, 0.4) is 0 Å². The van der Waals surface area contributed by atoms with Crippen LogP contribution in [0.25, 0.3) is 11.1 Å². The Morgan fingerprint density at radius 1 is 0.523 bits per heavy atom. The highest BCUT2D eigenvalue weighted by Gasteiger charge is 2.19. The molecule has 226 valence electrons. The summed E-state index contributed by atoms with van der Waals surface area (Å²) in [5.74, 6) is -4.61. The summed E-state index contributed by atoms with van der Waals surface area (Å²) in [5, 5.41) is 56.3. The molecule has 0 amide bonds. The van der Waals surface area contributed by atoms with E-state index in [9.17, 15) is 45.7 Å². The molecule has 2 N–H and O–H groups in total. The zero-order valence-electron chi connectivity index (χ0n) is 21.5. The lowest BCUT2D eigenvalue weighted by Crippen LogP contribution is -2.05. The monoisotopic (exact) mass is 638 g/mol. The maximum atomic E-state index is 12.1. The number of azo groups is 2. The van der Waals surface area contributed by atoms with Crippen molar-refractivity contribution in [1.82, 2.24) is 0 Å². The van der Waals surface area contributed by atoms with E-state index in [1.807, 2.05) is 0 Å². The number of nitrogens with zero attached hydrogens (tertiary/aromatic N) is 4. The average Bonchev–Trinajstić information content (AvgIpc) is 2.95. The van der Waals surface area contributed by atoms with Crippen molar-refractivity contribution in [1.29, 1.82) is 0 Å². The van der Waals surface area contributed by atoms with E-state index in [0.717, 1.165) is 72.8 Å². The molecule has 16 nitrogen and oxygen atoms in total. The number of aromatic carboxylic acids is 2. The van der Waals surface area contributed by atoms with Gasteiger partial charge in [0.25, 0.3) is 0 Å². The second kappa shape index (κ2) is 12.0. The zero-order valence-corrected chi connectivity index (χ0v) is 23.1. The van der Waals surface area contributed by atoms with E-state index in [1.54, 1.807) is 0 Å². The molecular formula is C26H14N4O12S2-4. The number of carboxylic acid groups (broad SMARTS) is 2. The normalized spacial score (nSPS) is 12.1. The van der Waals surface area contributed by atoms with Gasteiger partial charge in [-0.2, -0.15) is 20.5 Å². The third-order valence-electron chi connectivity index (χ3n) is 5.71. The van der Waals surface area contributed by atoms with Crippen LogP contribution >= 0.6 is 0 Å². The molecule has 0 bridgehead atoms. The molecule has 0 radical (unpaired) electrons. The second-order valence-corrected chi connectivity index (χ2v) is 11.3. The van der Waals surface area contributed by atoms with Gasteiger partial charge in [0.15, 0.2) is 0 Å². The Bertz CT molecular complexity index is 1960. The van der Waals surface area contributed by atoms with Gasteiger partial charge in [-0.25, -0.2) is 26.4 Å². The van der Waals surface area contributed by atoms with Crippen LogP contribution in [0.4, 0.5) is 22.7 Å². The minimum atomic E-state index is -5.33. The molecule has 18 heteroatoms. The van der Waals surface area contributed by atoms with Gasteiger partial charge in [-0.05, 0) is 48.5 Å². The fourth-order valence-electron chi connectivity index (χ4n) is 3.73. The number of rotatable bonds is 9. The van der Waals surface area contributed by atoms with Crippen molar-refractivity contribution in [3.63, 3.8) is 0 Å². The standard InChI is InChI=1S/C26H18N4O12S2/c31-21-7-3-13(9-19(21)25(33)34)27-29-15-1-5-17(23(11-15)43(37,38)39)18-6-2-16(12-24(18)44(40,41)42)30-28-14-4-8-22(32)20(10-14)26(35)36/h1-12,31-32H,(H,33,34)(H,35,36)(H,37,38,39)(H,40,41,42)/p-4. The van der Waals surface area contributed by atoms with Gasteiger partial charge in [-0.1, -0.05) is 35.8 Å². The summed E-state index contributed by atoms with van der Waals surface area (Å²) in [6, 6.07) is 11.7. The van der Waals surface area contributed by atoms with Crippen molar-refractivity contribution in [2.45, 2.75) is 9.79 Å². The lowest BCUT2D eigenvalue weighted by molar-refractivity contribution is -0.269. The predicted octanol–water partition coefficient (Wildman–Crippen LogP) is 3.54. The van der Waals surface area contributed by atoms with Crippen LogP contribution < -0.4 is 10.2 Å². The van der Waals surface area contributed by atoms with E-state index < -0.39 is 75.7 Å². The summed E-state index contributed by atoms with van der Waals surface area (Å²) in [5.41, 5.74) is -2.84. The Morgan fingerprint density at radius 3 is 1.11 bits per heavy atom. The molecule has 4 rings (SSSR count). The molecule has 4 aromatic rings. The van der Waals surface area contributed by atoms with Gasteiger partial charge in [0.1, 0.15) is 20.2 Å². The van der Waals surface area contributed by atoms with Crippen LogP contribution in [-0.4, -0.2) is 48.1 Å². The zero-order chi connectivity index (χ0) is 32.4. The van der Waals surface area contributed by atoms with Gasteiger partial charge in [-0.3, -0.25) is 0 Å². The first kappa shape index (κ1) is 31.4. The van der Waals surface area contributed by atoms with Crippen LogP contribution in [0.2, 0.25) is 0 Å². The Kier molecular flexibility index (Phi) is 8.54. The van der Waals surface area contributed by atoms with Crippen molar-refractivity contribution < 1.29 is 56.0 Å². The Balaban J connectivity index is 1.77. The van der Waals surface area contributed by atoms with Gasteiger partial charge in [0.2, 0.25) is 0 Å². The van der Waals surface area contributed by atoms with E-state index >= 15 is 0 Å². The molecular weight excluding hydrogens is 624 g/mol. The summed E-state index contributed by atoms with van der Waals surface area (Å²) in [6.45, 7) is 0. The van der Waals surface area contributed by atoms with Gasteiger partial charge in [-0.15, -0.1) is 0 Å². The minimum absolute atomic E-state index is 0.0924. The van der Waals surface area contributed by atoms with E-state index in [0.29, 0.717) is 0 Å². The summed E-state index contributed by atoms with van der Waals surface area (Å²) >= 11 is 0. The van der Waals surface area contributed by atoms with E-state index in [4.69, 9.17) is 10.2 Å². The first-order valence-electron chi connectivity index (χ1n) is 11.7. The highest BCUT2D eigenvalue weighted by Crippen LogP contribution is 2.37. The van der Waals surface area contributed by atoms with Crippen molar-refractivity contribution >= 4 is 54.9 Å². The van der Waals surface area contributed by atoms with Gasteiger partial charge < -0.3 is 29.5 Å². The van der Waals surface area contributed by atoms with Crippen molar-refractivity contribution in [3.05, 3.63) is 83.9 Å². The fraction of sp³-hybridized carbons (Fsp3) is 0. The van der Waals surface area contributed by atoms with E-state index in [-0.39, 0.29) is 22.7 Å². The predicted molar refractivity (Wildman–Crippen MR) is 142 cm³/mol. The topological polar surface area (TPSA) is 285 Å². The molecule has 0 spiro atoms. The van der Waals surface area contributed by atoms with Crippen molar-refractivity contribution in [3.8, 4) is 22.6 Å². The molecule has 0 saturated carbocycles. The first-order chi connectivity index (χ1) is 20.5. The molecule has 0 unspecified atom stereocenters. The molecule has 0 atom stereocenters. The SMILES string of the molecule is O=C(O)c1cc(N=Nc2ccc(-c3ccc(N=Nc4ccc([O-])c(C(=O)O)c4)cc3S(=O)(=O)[O-])c(S(=O)(=O)[O-])c2)ccc1[O-]. The lowest BCUT2D eigenvalue weighted by Gasteiger charge is -2.18. The lowest BCUT2D eigenvalue weighted by atomic mass is 10.0. The Morgan fingerprint density at radius 2 is 0.818 bits per heavy atom. The third kappa shape index (κ3) is 7.07. The number of carboxylic acids is 2. The van der Waals surface area contributed by atoms with Crippen LogP contribution in [-0.2, 0) is 20.2 Å². The molecule has 0 heterocycles. The maximum Gasteiger partial charge on any atom is 0.335 e. The van der Waals surface area contributed by atoms with E-state index in [2.05, 4.69) is 20.5 Å². The molecule has 0 aliphatic rings. The summed E-state index contributed by atoms with van der Waals surface area (Å²) in [4.78, 5) is 20.4. The smallest absolute Gasteiger partial charge is 0.335 e. The first-order valence-corrected chi connectivity index (χ1v) is 14.5. The fourth-order valence-corrected chi connectivity index (χ4v) is 5.16. The Hall–Kier alpha value is -5.56. The maximum absolute atomic E-state index is 12.1. The molecule has 0 saturated heterocycles. The quantitative estimate of drug-likeness (QED) is 0.196. The third-order valence-corrected chi connectivity index (χ3v) is 7.46. The molecule has 0 fully saturated rings. The van der Waals surface area contributed by atoms with Gasteiger partial charge in [0.05, 0.1) is 43.7 Å². The van der Waals surface area contributed by atoms with Gasteiger partial charge >= 0.3 is 11.9 Å². The van der Waals surface area contributed by atoms with E-state index in [1.165, 1.54) is 0 Å².